The maximum absolute atomic E-state index is 12.7. The zero-order chi connectivity index (χ0) is 21.1. The second kappa shape index (κ2) is 8.62. The summed E-state index contributed by atoms with van der Waals surface area (Å²) in [5.41, 5.74) is 2.11. The van der Waals surface area contributed by atoms with Gasteiger partial charge >= 0.3 is 0 Å². The highest BCUT2D eigenvalue weighted by molar-refractivity contribution is 7.71. The Balaban J connectivity index is 1.41. The average Bonchev–Trinajstić information content (AvgIpc) is 3.12. The van der Waals surface area contributed by atoms with Crippen LogP contribution >= 0.6 is 12.2 Å². The molecule has 1 aliphatic heterocycles. The topological polar surface area (TPSA) is 87.2 Å². The maximum atomic E-state index is 12.7. The normalized spacial score (nSPS) is 13.7. The van der Waals surface area contributed by atoms with Crippen molar-refractivity contribution in [2.45, 2.75) is 32.4 Å². The lowest BCUT2D eigenvalue weighted by molar-refractivity contribution is -0.128. The third kappa shape index (κ3) is 4.33. The Morgan fingerprint density at radius 2 is 1.97 bits per heavy atom. The van der Waals surface area contributed by atoms with Gasteiger partial charge in [-0.15, -0.1) is 0 Å². The van der Waals surface area contributed by atoms with Crippen LogP contribution in [0.3, 0.4) is 0 Å². The molecule has 3 aromatic rings. The molecule has 0 atom stereocenters. The Kier molecular flexibility index (Phi) is 5.76. The Hall–Kier alpha value is -3.26. The number of nitrogens with one attached hydrogen (secondary N) is 2. The van der Waals surface area contributed by atoms with Gasteiger partial charge < -0.3 is 15.2 Å². The van der Waals surface area contributed by atoms with Crippen molar-refractivity contribution in [3.63, 3.8) is 0 Å². The third-order valence-electron chi connectivity index (χ3n) is 5.21. The van der Waals surface area contributed by atoms with E-state index < -0.39 is 0 Å². The number of amides is 2. The van der Waals surface area contributed by atoms with E-state index in [1.54, 1.807) is 18.2 Å². The molecular weight excluding hydrogens is 400 g/mol. The number of carbonyl (C=O) groups excluding carboxylic acids is 2. The molecule has 0 aliphatic carbocycles. The van der Waals surface area contributed by atoms with Crippen LogP contribution < -0.4 is 10.9 Å². The highest BCUT2D eigenvalue weighted by Gasteiger charge is 2.20. The Morgan fingerprint density at radius 3 is 2.77 bits per heavy atom. The van der Waals surface area contributed by atoms with Crippen molar-refractivity contribution in [3.8, 4) is 0 Å². The standard InChI is InChI=1S/C22H22N4O3S/c27-19(10-12-26-21(29)17-7-1-2-8-18(17)24-22(26)30)23-16-6-3-5-15(13-16)14-25-11-4-9-20(25)28/h1-3,5-8,13H,4,9-12,14H2,(H,23,27)(H,24,30). The van der Waals surface area contributed by atoms with Crippen molar-refractivity contribution in [2.24, 2.45) is 0 Å². The number of anilines is 1. The van der Waals surface area contributed by atoms with E-state index >= 15 is 0 Å². The highest BCUT2D eigenvalue weighted by atomic mass is 32.1. The Bertz CT molecular complexity index is 1230. The molecular formula is C22H22N4O3S. The van der Waals surface area contributed by atoms with Crippen LogP contribution in [-0.4, -0.2) is 32.8 Å². The fourth-order valence-corrected chi connectivity index (χ4v) is 3.96. The van der Waals surface area contributed by atoms with Gasteiger partial charge in [0.15, 0.2) is 4.77 Å². The Labute approximate surface area is 178 Å². The van der Waals surface area contributed by atoms with E-state index in [0.717, 1.165) is 18.5 Å². The number of hydrogen-bond donors (Lipinski definition) is 2. The van der Waals surface area contributed by atoms with E-state index in [9.17, 15) is 14.4 Å². The summed E-state index contributed by atoms with van der Waals surface area (Å²) in [5.74, 6) is -0.0411. The molecule has 0 unspecified atom stereocenters. The number of rotatable bonds is 6. The fourth-order valence-electron chi connectivity index (χ4n) is 3.68. The number of para-hydroxylation sites is 1. The van der Waals surface area contributed by atoms with Crippen LogP contribution in [-0.2, 0) is 22.7 Å². The molecule has 2 amide bonds. The summed E-state index contributed by atoms with van der Waals surface area (Å²) < 4.78 is 1.70. The first-order valence-corrected chi connectivity index (χ1v) is 10.3. The molecule has 1 aromatic heterocycles. The first-order valence-electron chi connectivity index (χ1n) is 9.90. The molecule has 0 bridgehead atoms. The van der Waals surface area contributed by atoms with Crippen LogP contribution in [0.2, 0.25) is 0 Å². The summed E-state index contributed by atoms with van der Waals surface area (Å²) in [4.78, 5) is 41.8. The smallest absolute Gasteiger partial charge is 0.262 e. The summed E-state index contributed by atoms with van der Waals surface area (Å²) in [6, 6.07) is 14.6. The number of nitrogens with zero attached hydrogens (tertiary/aromatic N) is 2. The summed E-state index contributed by atoms with van der Waals surface area (Å²) in [5, 5.41) is 3.40. The first kappa shape index (κ1) is 20.0. The molecule has 4 rings (SSSR count). The van der Waals surface area contributed by atoms with Crippen LogP contribution in [0.4, 0.5) is 5.69 Å². The summed E-state index contributed by atoms with van der Waals surface area (Å²) in [6.07, 6.45) is 1.61. The van der Waals surface area contributed by atoms with Crippen LogP contribution in [0.25, 0.3) is 10.9 Å². The van der Waals surface area contributed by atoms with Gasteiger partial charge in [0.2, 0.25) is 11.8 Å². The quantitative estimate of drug-likeness (QED) is 0.597. The van der Waals surface area contributed by atoms with E-state index in [1.165, 1.54) is 4.57 Å². The van der Waals surface area contributed by atoms with Gasteiger partial charge in [-0.2, -0.15) is 0 Å². The molecule has 0 saturated carbocycles. The highest BCUT2D eigenvalue weighted by Crippen LogP contribution is 2.17. The van der Waals surface area contributed by atoms with Gasteiger partial charge in [0.05, 0.1) is 10.9 Å². The zero-order valence-electron chi connectivity index (χ0n) is 16.4. The van der Waals surface area contributed by atoms with Gasteiger partial charge in [-0.25, -0.2) is 0 Å². The van der Waals surface area contributed by atoms with Crippen LogP contribution in [0.5, 0.6) is 0 Å². The van der Waals surface area contributed by atoms with Gasteiger partial charge in [-0.05, 0) is 48.5 Å². The van der Waals surface area contributed by atoms with Crippen molar-refractivity contribution in [3.05, 3.63) is 69.2 Å². The van der Waals surface area contributed by atoms with Crippen molar-refractivity contribution in [1.29, 1.82) is 0 Å². The number of likely N-dealkylation sites (tertiary alicyclic amines) is 1. The molecule has 1 aliphatic rings. The van der Waals surface area contributed by atoms with Crippen LogP contribution in [0.15, 0.2) is 53.3 Å². The molecule has 2 aromatic carbocycles. The first-order chi connectivity index (χ1) is 14.5. The molecule has 0 spiro atoms. The summed E-state index contributed by atoms with van der Waals surface area (Å²) in [6.45, 7) is 1.51. The molecule has 2 N–H and O–H groups in total. The second-order valence-corrected chi connectivity index (χ2v) is 7.74. The lowest BCUT2D eigenvalue weighted by atomic mass is 10.2. The summed E-state index contributed by atoms with van der Waals surface area (Å²) in [7, 11) is 0. The van der Waals surface area contributed by atoms with Crippen molar-refractivity contribution in [2.75, 3.05) is 11.9 Å². The zero-order valence-corrected chi connectivity index (χ0v) is 17.2. The minimum atomic E-state index is -0.209. The molecule has 30 heavy (non-hydrogen) atoms. The van der Waals surface area contributed by atoms with E-state index in [-0.39, 0.29) is 30.3 Å². The number of fused-ring (bicyclic) bond motifs is 1. The molecule has 1 saturated heterocycles. The molecule has 8 heteroatoms. The van der Waals surface area contributed by atoms with E-state index in [1.807, 2.05) is 35.2 Å². The molecule has 2 heterocycles. The van der Waals surface area contributed by atoms with E-state index in [0.29, 0.717) is 34.3 Å². The van der Waals surface area contributed by atoms with Crippen LogP contribution in [0, 0.1) is 4.77 Å². The third-order valence-corrected chi connectivity index (χ3v) is 5.53. The Morgan fingerprint density at radius 1 is 1.13 bits per heavy atom. The van der Waals surface area contributed by atoms with Gasteiger partial charge in [0.25, 0.3) is 5.56 Å². The van der Waals surface area contributed by atoms with Gasteiger partial charge in [-0.1, -0.05) is 24.3 Å². The largest absolute Gasteiger partial charge is 0.338 e. The fraction of sp³-hybridized carbons (Fsp3) is 0.273. The number of carbonyl (C=O) groups is 2. The maximum Gasteiger partial charge on any atom is 0.262 e. The SMILES string of the molecule is O=C(CCn1c(=S)[nH]c2ccccc2c1=O)Nc1cccc(CN2CCCC2=O)c1. The lowest BCUT2D eigenvalue weighted by Gasteiger charge is -2.16. The van der Waals surface area contributed by atoms with E-state index in [2.05, 4.69) is 10.3 Å². The molecule has 0 radical (unpaired) electrons. The number of aromatic amines is 1. The predicted octanol–water partition coefficient (Wildman–Crippen LogP) is 3.21. The van der Waals surface area contributed by atoms with Crippen molar-refractivity contribution >= 4 is 40.6 Å². The predicted molar refractivity (Wildman–Crippen MR) is 118 cm³/mol. The number of hydrogen-bond acceptors (Lipinski definition) is 4. The lowest BCUT2D eigenvalue weighted by Crippen LogP contribution is -2.25. The van der Waals surface area contributed by atoms with E-state index in [4.69, 9.17) is 12.2 Å². The average molecular weight is 423 g/mol. The number of aromatic nitrogens is 2. The minimum absolute atomic E-state index is 0.116. The number of H-pyrrole nitrogens is 1. The molecule has 7 nitrogen and oxygen atoms in total. The van der Waals surface area contributed by atoms with Crippen LogP contribution in [0.1, 0.15) is 24.8 Å². The van der Waals surface area contributed by atoms with Gasteiger partial charge in [0.1, 0.15) is 0 Å². The summed E-state index contributed by atoms with van der Waals surface area (Å²) >= 11 is 5.29. The second-order valence-electron chi connectivity index (χ2n) is 7.35. The van der Waals surface area contributed by atoms with Crippen molar-refractivity contribution in [1.82, 2.24) is 14.5 Å². The minimum Gasteiger partial charge on any atom is -0.338 e. The van der Waals surface area contributed by atoms with Crippen molar-refractivity contribution < 1.29 is 9.59 Å². The molecule has 154 valence electrons. The number of benzene rings is 2. The van der Waals surface area contributed by atoms with Gasteiger partial charge in [0, 0.05) is 38.2 Å². The van der Waals surface area contributed by atoms with Gasteiger partial charge in [-0.3, -0.25) is 19.0 Å². The molecule has 1 fully saturated rings. The monoisotopic (exact) mass is 422 g/mol.